The molecule has 2 aromatic carbocycles. The second-order valence-corrected chi connectivity index (χ2v) is 6.94. The molecular formula is C20H22ClN3O4. The highest BCUT2D eigenvalue weighted by atomic mass is 35.5. The number of nitrogens with zero attached hydrogens (tertiary/aromatic N) is 1. The van der Waals surface area contributed by atoms with Crippen LogP contribution in [0.3, 0.4) is 0 Å². The Labute approximate surface area is 168 Å². The second-order valence-electron chi connectivity index (χ2n) is 6.53. The Kier molecular flexibility index (Phi) is 6.06. The van der Waals surface area contributed by atoms with Crippen molar-refractivity contribution in [2.24, 2.45) is 5.73 Å². The van der Waals surface area contributed by atoms with Crippen molar-refractivity contribution in [2.75, 3.05) is 26.1 Å². The number of primary amides is 1. The first-order valence-corrected chi connectivity index (χ1v) is 9.12. The average Bonchev–Trinajstić information content (AvgIpc) is 2.68. The lowest BCUT2D eigenvalue weighted by molar-refractivity contribution is -0.125. The van der Waals surface area contributed by atoms with E-state index in [0.717, 1.165) is 11.1 Å². The highest BCUT2D eigenvalue weighted by molar-refractivity contribution is 6.32. The molecule has 0 unspecified atom stereocenters. The first-order valence-electron chi connectivity index (χ1n) is 8.74. The maximum Gasteiger partial charge on any atom is 0.238 e. The summed E-state index contributed by atoms with van der Waals surface area (Å²) in [6.45, 7) is 0.480. The van der Waals surface area contributed by atoms with Gasteiger partial charge in [0, 0.05) is 18.7 Å². The van der Waals surface area contributed by atoms with Gasteiger partial charge in [-0.15, -0.1) is 0 Å². The fourth-order valence-corrected chi connectivity index (χ4v) is 3.59. The molecule has 1 aliphatic heterocycles. The summed E-state index contributed by atoms with van der Waals surface area (Å²) in [7, 11) is 2.97. The molecular weight excluding hydrogens is 382 g/mol. The quantitative estimate of drug-likeness (QED) is 0.771. The molecule has 1 atom stereocenters. The summed E-state index contributed by atoms with van der Waals surface area (Å²) >= 11 is 6.10. The Morgan fingerprint density at radius 3 is 2.50 bits per heavy atom. The molecule has 0 spiro atoms. The first-order chi connectivity index (χ1) is 13.4. The minimum Gasteiger partial charge on any atom is -0.495 e. The van der Waals surface area contributed by atoms with Crippen LogP contribution in [0.15, 0.2) is 36.4 Å². The van der Waals surface area contributed by atoms with Crippen molar-refractivity contribution in [3.63, 3.8) is 0 Å². The molecule has 1 heterocycles. The molecule has 3 N–H and O–H groups in total. The summed E-state index contributed by atoms with van der Waals surface area (Å²) < 4.78 is 10.5. The zero-order chi connectivity index (χ0) is 20.3. The predicted molar refractivity (Wildman–Crippen MR) is 107 cm³/mol. The van der Waals surface area contributed by atoms with Crippen LogP contribution in [-0.4, -0.2) is 43.5 Å². The van der Waals surface area contributed by atoms with Crippen molar-refractivity contribution in [2.45, 2.75) is 19.0 Å². The molecule has 148 valence electrons. The third-order valence-corrected chi connectivity index (χ3v) is 5.06. The molecule has 0 saturated carbocycles. The van der Waals surface area contributed by atoms with Crippen LogP contribution in [0, 0.1) is 0 Å². The number of hydrogen-bond donors (Lipinski definition) is 2. The number of benzene rings is 2. The van der Waals surface area contributed by atoms with E-state index in [1.54, 1.807) is 17.0 Å². The van der Waals surface area contributed by atoms with E-state index < -0.39 is 11.9 Å². The van der Waals surface area contributed by atoms with Gasteiger partial charge in [-0.05, 0) is 17.5 Å². The van der Waals surface area contributed by atoms with Crippen LogP contribution in [0.1, 0.15) is 11.1 Å². The molecule has 28 heavy (non-hydrogen) atoms. The van der Waals surface area contributed by atoms with Gasteiger partial charge in [0.05, 0.1) is 37.5 Å². The standard InChI is InChI=1S/C20H22ClN3O4/c1-27-17-9-15(18(28-2)8-14(17)21)23-19(25)11-24-10-13-6-4-3-5-12(13)7-16(24)20(22)26/h3-6,8-9,16H,7,10-11H2,1-2H3,(H2,22,26)(H,23,25)/t16-/m1/s1. The van der Waals surface area contributed by atoms with Crippen molar-refractivity contribution in [1.29, 1.82) is 0 Å². The molecule has 8 heteroatoms. The number of hydrogen-bond acceptors (Lipinski definition) is 5. The van der Waals surface area contributed by atoms with E-state index in [-0.39, 0.29) is 12.5 Å². The van der Waals surface area contributed by atoms with E-state index in [4.69, 9.17) is 26.8 Å². The summed E-state index contributed by atoms with van der Waals surface area (Å²) in [5, 5.41) is 3.17. The lowest BCUT2D eigenvalue weighted by Gasteiger charge is -2.34. The summed E-state index contributed by atoms with van der Waals surface area (Å²) in [5.41, 5.74) is 8.17. The number of nitrogens with two attached hydrogens (primary N) is 1. The zero-order valence-corrected chi connectivity index (χ0v) is 16.5. The topological polar surface area (TPSA) is 93.9 Å². The Morgan fingerprint density at radius 1 is 1.18 bits per heavy atom. The number of ether oxygens (including phenoxy) is 2. The number of methoxy groups -OCH3 is 2. The summed E-state index contributed by atoms with van der Waals surface area (Å²) in [5.74, 6) is 0.0793. The minimum absolute atomic E-state index is 0.00996. The van der Waals surface area contributed by atoms with Crippen molar-refractivity contribution >= 4 is 29.1 Å². The molecule has 0 aromatic heterocycles. The molecule has 1 aliphatic rings. The van der Waals surface area contributed by atoms with Crippen molar-refractivity contribution < 1.29 is 19.1 Å². The van der Waals surface area contributed by atoms with Gasteiger partial charge in [-0.2, -0.15) is 0 Å². The molecule has 0 radical (unpaired) electrons. The smallest absolute Gasteiger partial charge is 0.238 e. The number of amides is 2. The zero-order valence-electron chi connectivity index (χ0n) is 15.7. The van der Waals surface area contributed by atoms with Crippen LogP contribution in [0.5, 0.6) is 11.5 Å². The Morgan fingerprint density at radius 2 is 1.86 bits per heavy atom. The van der Waals surface area contributed by atoms with Crippen LogP contribution in [-0.2, 0) is 22.6 Å². The molecule has 3 rings (SSSR count). The van der Waals surface area contributed by atoms with Crippen molar-refractivity contribution in [1.82, 2.24) is 4.90 Å². The van der Waals surface area contributed by atoms with Crippen molar-refractivity contribution in [3.05, 3.63) is 52.5 Å². The van der Waals surface area contributed by atoms with Gasteiger partial charge in [0.2, 0.25) is 11.8 Å². The average molecular weight is 404 g/mol. The maximum atomic E-state index is 12.7. The number of carbonyl (C=O) groups excluding carboxylic acids is 2. The minimum atomic E-state index is -0.540. The molecule has 2 aromatic rings. The van der Waals surface area contributed by atoms with Gasteiger partial charge in [0.1, 0.15) is 11.5 Å². The molecule has 0 aliphatic carbocycles. The fourth-order valence-electron chi connectivity index (χ4n) is 3.36. The molecule has 2 amide bonds. The van der Waals surface area contributed by atoms with Gasteiger partial charge >= 0.3 is 0 Å². The Balaban J connectivity index is 1.78. The molecule has 0 bridgehead atoms. The summed E-state index contributed by atoms with van der Waals surface area (Å²) in [6.07, 6.45) is 0.483. The van der Waals surface area contributed by atoms with Gasteiger partial charge in [0.15, 0.2) is 0 Å². The van der Waals surface area contributed by atoms with Crippen LogP contribution in [0.4, 0.5) is 5.69 Å². The highest BCUT2D eigenvalue weighted by Gasteiger charge is 2.31. The maximum absolute atomic E-state index is 12.7. The summed E-state index contributed by atoms with van der Waals surface area (Å²) in [4.78, 5) is 26.4. The Bertz CT molecular complexity index is 903. The number of halogens is 1. The number of carbonyl (C=O) groups is 2. The van der Waals surface area contributed by atoms with Crippen LogP contribution in [0.2, 0.25) is 5.02 Å². The predicted octanol–water partition coefficient (Wildman–Crippen LogP) is 2.21. The molecule has 7 nitrogen and oxygen atoms in total. The lowest BCUT2D eigenvalue weighted by atomic mass is 9.93. The van der Waals surface area contributed by atoms with Gasteiger partial charge in [-0.3, -0.25) is 14.5 Å². The van der Waals surface area contributed by atoms with E-state index in [9.17, 15) is 9.59 Å². The molecule has 0 fully saturated rings. The second kappa shape index (κ2) is 8.50. The van der Waals surface area contributed by atoms with Gasteiger partial charge in [-0.1, -0.05) is 35.9 Å². The Hall–Kier alpha value is -2.77. The fraction of sp³-hybridized carbons (Fsp3) is 0.300. The van der Waals surface area contributed by atoms with E-state index in [2.05, 4.69) is 5.32 Å². The van der Waals surface area contributed by atoms with E-state index in [0.29, 0.717) is 35.2 Å². The third-order valence-electron chi connectivity index (χ3n) is 4.77. The van der Waals surface area contributed by atoms with Gasteiger partial charge in [-0.25, -0.2) is 0 Å². The van der Waals surface area contributed by atoms with E-state index in [1.807, 2.05) is 24.3 Å². The largest absolute Gasteiger partial charge is 0.495 e. The SMILES string of the molecule is COc1cc(NC(=O)CN2Cc3ccccc3C[C@@H]2C(N)=O)c(OC)cc1Cl. The van der Waals surface area contributed by atoms with Gasteiger partial charge in [0.25, 0.3) is 0 Å². The monoisotopic (exact) mass is 403 g/mol. The van der Waals surface area contributed by atoms with Crippen LogP contribution < -0.4 is 20.5 Å². The number of rotatable bonds is 6. The third kappa shape index (κ3) is 4.21. The highest BCUT2D eigenvalue weighted by Crippen LogP contribution is 2.36. The lowest BCUT2D eigenvalue weighted by Crippen LogP contribution is -2.50. The number of anilines is 1. The number of nitrogens with one attached hydrogen (secondary N) is 1. The summed E-state index contributed by atoms with van der Waals surface area (Å²) in [6, 6.07) is 10.5. The van der Waals surface area contributed by atoms with Crippen LogP contribution >= 0.6 is 11.6 Å². The van der Waals surface area contributed by atoms with E-state index in [1.165, 1.54) is 14.2 Å². The number of fused-ring (bicyclic) bond motifs is 1. The first kappa shape index (κ1) is 20.0. The molecule has 0 saturated heterocycles. The van der Waals surface area contributed by atoms with Crippen LogP contribution in [0.25, 0.3) is 0 Å². The normalized spacial score (nSPS) is 16.2. The van der Waals surface area contributed by atoms with Crippen molar-refractivity contribution in [3.8, 4) is 11.5 Å². The van der Waals surface area contributed by atoms with Gasteiger partial charge < -0.3 is 20.5 Å². The van der Waals surface area contributed by atoms with E-state index >= 15 is 0 Å².